The molecule has 0 aliphatic carbocycles. The molecule has 1 fully saturated rings. The molecule has 0 unspecified atom stereocenters. The normalized spacial score (nSPS) is 15.9. The van der Waals surface area contributed by atoms with E-state index in [9.17, 15) is 14.0 Å². The van der Waals surface area contributed by atoms with Crippen molar-refractivity contribution in [3.63, 3.8) is 0 Å². The van der Waals surface area contributed by atoms with E-state index in [2.05, 4.69) is 27.4 Å². The number of carbonyl (C=O) groups is 2. The lowest BCUT2D eigenvalue weighted by atomic mass is 10.1. The number of alkyl carbamates (subject to hydrolysis) is 1. The van der Waals surface area contributed by atoms with Crippen molar-refractivity contribution in [1.82, 2.24) is 20.4 Å². The second-order valence-corrected chi connectivity index (χ2v) is 12.6. The van der Waals surface area contributed by atoms with Gasteiger partial charge in [0, 0.05) is 12.1 Å². The van der Waals surface area contributed by atoms with E-state index in [0.717, 1.165) is 19.3 Å². The molecule has 1 aromatic carbocycles. The molecular formula is C31H46FN5O6. The van der Waals surface area contributed by atoms with Crippen molar-refractivity contribution in [2.75, 3.05) is 13.2 Å². The lowest BCUT2D eigenvalue weighted by Gasteiger charge is -2.27. The molecule has 0 radical (unpaired) electrons. The number of amides is 2. The third-order valence-electron chi connectivity index (χ3n) is 6.40. The van der Waals surface area contributed by atoms with Crippen molar-refractivity contribution in [2.45, 2.75) is 117 Å². The maximum atomic E-state index is 14.8. The van der Waals surface area contributed by atoms with Gasteiger partial charge in [0.2, 0.25) is 17.7 Å². The molecule has 1 aliphatic rings. The number of nitrogens with zero attached hydrogens (tertiary/aromatic N) is 4. The van der Waals surface area contributed by atoms with Gasteiger partial charge >= 0.3 is 12.2 Å². The van der Waals surface area contributed by atoms with E-state index < -0.39 is 35.2 Å². The zero-order valence-electron chi connectivity index (χ0n) is 26.5. The fourth-order valence-corrected chi connectivity index (χ4v) is 4.52. The number of guanidine groups is 1. The van der Waals surface area contributed by atoms with Crippen LogP contribution in [0.4, 0.5) is 14.0 Å². The van der Waals surface area contributed by atoms with Crippen molar-refractivity contribution < 1.29 is 32.7 Å². The molecule has 2 aromatic rings. The van der Waals surface area contributed by atoms with Gasteiger partial charge in [0.25, 0.3) is 0 Å². The molecular weight excluding hydrogens is 557 g/mol. The molecule has 1 aliphatic heterocycles. The SMILES string of the molecule is CCCCCCCCOc1ccc(-c2noc([C@@H]3CCCN3C(=NC(=O)OC(C)(C)C)NC(=O)OC(C)(C)C)n2)cc1F. The summed E-state index contributed by atoms with van der Waals surface area (Å²) >= 11 is 0. The average Bonchev–Trinajstić information content (AvgIpc) is 3.56. The molecule has 0 spiro atoms. The van der Waals surface area contributed by atoms with E-state index >= 15 is 0 Å². The topological polar surface area (TPSA) is 128 Å². The molecule has 1 N–H and O–H groups in total. The van der Waals surface area contributed by atoms with Crippen LogP contribution in [-0.2, 0) is 9.47 Å². The summed E-state index contributed by atoms with van der Waals surface area (Å²) in [4.78, 5) is 35.5. The van der Waals surface area contributed by atoms with E-state index in [-0.39, 0.29) is 23.4 Å². The molecule has 3 rings (SSSR count). The van der Waals surface area contributed by atoms with Crippen LogP contribution in [0.3, 0.4) is 0 Å². The molecule has 2 heterocycles. The lowest BCUT2D eigenvalue weighted by Crippen LogP contribution is -2.46. The second-order valence-electron chi connectivity index (χ2n) is 12.6. The maximum Gasteiger partial charge on any atom is 0.437 e. The van der Waals surface area contributed by atoms with Gasteiger partial charge < -0.3 is 23.6 Å². The molecule has 1 aromatic heterocycles. The number of ether oxygens (including phenoxy) is 3. The molecule has 2 amide bonds. The molecule has 11 nitrogen and oxygen atoms in total. The number of carbonyl (C=O) groups excluding carboxylic acids is 2. The van der Waals surface area contributed by atoms with Crippen molar-refractivity contribution in [3.05, 3.63) is 29.9 Å². The Balaban J connectivity index is 1.73. The summed E-state index contributed by atoms with van der Waals surface area (Å²) in [6, 6.07) is 4.06. The van der Waals surface area contributed by atoms with Crippen molar-refractivity contribution >= 4 is 18.1 Å². The van der Waals surface area contributed by atoms with Crippen LogP contribution in [0.2, 0.25) is 0 Å². The van der Waals surface area contributed by atoms with E-state index in [4.69, 9.17) is 18.7 Å². The highest BCUT2D eigenvalue weighted by molar-refractivity contribution is 5.99. The monoisotopic (exact) mass is 603 g/mol. The quantitative estimate of drug-likeness (QED) is 0.166. The van der Waals surface area contributed by atoms with Crippen LogP contribution in [0.1, 0.15) is 112 Å². The van der Waals surface area contributed by atoms with Crippen molar-refractivity contribution in [2.24, 2.45) is 4.99 Å². The van der Waals surface area contributed by atoms with Gasteiger partial charge in [-0.1, -0.05) is 44.2 Å². The maximum absolute atomic E-state index is 14.8. The minimum absolute atomic E-state index is 0.0522. The fraction of sp³-hybridized carbons (Fsp3) is 0.645. The summed E-state index contributed by atoms with van der Waals surface area (Å²) in [7, 11) is 0. The molecule has 0 saturated carbocycles. The van der Waals surface area contributed by atoms with E-state index in [1.165, 1.54) is 25.3 Å². The Hall–Kier alpha value is -3.70. The Labute approximate surface area is 253 Å². The number of benzene rings is 1. The van der Waals surface area contributed by atoms with Crippen molar-refractivity contribution in [1.29, 1.82) is 0 Å². The summed E-state index contributed by atoms with van der Waals surface area (Å²) in [6.45, 7) is 13.4. The summed E-state index contributed by atoms with van der Waals surface area (Å²) in [5.74, 6) is 0.0571. The van der Waals surface area contributed by atoms with Crippen LogP contribution in [0.15, 0.2) is 27.7 Å². The second kappa shape index (κ2) is 15.2. The van der Waals surface area contributed by atoms with Gasteiger partial charge in [0.15, 0.2) is 11.6 Å². The standard InChI is InChI=1S/C31H46FN5O6/c1-8-9-10-11-12-13-19-40-24-17-16-21(20-22(24)32)25-33-26(43-36-25)23-15-14-18-37(23)27(34-28(38)41-30(2,3)4)35-29(39)42-31(5,6)7/h16-17,20,23H,8-15,18-19H2,1-7H3,(H,34,35,38,39)/t23-/m0/s1. The lowest BCUT2D eigenvalue weighted by molar-refractivity contribution is 0.0553. The summed E-state index contributed by atoms with van der Waals surface area (Å²) < 4.78 is 36.8. The zero-order chi connectivity index (χ0) is 31.6. The number of nitrogens with one attached hydrogen (secondary N) is 1. The predicted molar refractivity (Wildman–Crippen MR) is 160 cm³/mol. The molecule has 1 atom stereocenters. The van der Waals surface area contributed by atoms with E-state index in [1.54, 1.807) is 58.6 Å². The Morgan fingerprint density at radius 2 is 1.77 bits per heavy atom. The largest absolute Gasteiger partial charge is 0.491 e. The van der Waals surface area contributed by atoms with Gasteiger partial charge in [-0.25, -0.2) is 14.0 Å². The Morgan fingerprint density at radius 3 is 2.44 bits per heavy atom. The molecule has 43 heavy (non-hydrogen) atoms. The van der Waals surface area contributed by atoms with Crippen LogP contribution >= 0.6 is 0 Å². The first kappa shape index (κ1) is 33.8. The van der Waals surface area contributed by atoms with Gasteiger partial charge in [-0.05, 0) is 79.0 Å². The smallest absolute Gasteiger partial charge is 0.437 e. The summed E-state index contributed by atoms with van der Waals surface area (Å²) in [6.07, 6.45) is 6.37. The molecule has 1 saturated heterocycles. The minimum Gasteiger partial charge on any atom is -0.491 e. The van der Waals surface area contributed by atoms with Gasteiger partial charge in [-0.2, -0.15) is 4.98 Å². The number of likely N-dealkylation sites (tertiary alicyclic amines) is 1. The fourth-order valence-electron chi connectivity index (χ4n) is 4.52. The van der Waals surface area contributed by atoms with E-state index in [1.807, 2.05) is 0 Å². The number of unbranched alkanes of at least 4 members (excludes halogenated alkanes) is 5. The number of halogens is 1. The minimum atomic E-state index is -0.871. The van der Waals surface area contributed by atoms with E-state index in [0.29, 0.717) is 31.6 Å². The predicted octanol–water partition coefficient (Wildman–Crippen LogP) is 7.57. The Kier molecular flexibility index (Phi) is 11.9. The third-order valence-corrected chi connectivity index (χ3v) is 6.40. The average molecular weight is 604 g/mol. The first-order valence-electron chi connectivity index (χ1n) is 15.1. The Morgan fingerprint density at radius 1 is 1.07 bits per heavy atom. The zero-order valence-corrected chi connectivity index (χ0v) is 26.5. The highest BCUT2D eigenvalue weighted by Crippen LogP contribution is 2.33. The van der Waals surface area contributed by atoms with Crippen LogP contribution in [0.25, 0.3) is 11.4 Å². The van der Waals surface area contributed by atoms with Gasteiger partial charge in [-0.3, -0.25) is 5.32 Å². The van der Waals surface area contributed by atoms with Crippen LogP contribution in [-0.4, -0.2) is 57.5 Å². The van der Waals surface area contributed by atoms with Gasteiger partial charge in [0.05, 0.1) is 6.61 Å². The third kappa shape index (κ3) is 11.1. The first-order valence-corrected chi connectivity index (χ1v) is 15.1. The Bertz CT molecular complexity index is 1250. The van der Waals surface area contributed by atoms with Gasteiger partial charge in [-0.15, -0.1) is 4.99 Å². The van der Waals surface area contributed by atoms with Crippen LogP contribution in [0.5, 0.6) is 5.75 Å². The first-order chi connectivity index (χ1) is 20.3. The summed E-state index contributed by atoms with van der Waals surface area (Å²) in [5, 5.41) is 6.64. The number of aliphatic imine (C=N–C) groups is 1. The molecule has 12 heteroatoms. The van der Waals surface area contributed by atoms with Crippen LogP contribution < -0.4 is 10.1 Å². The number of hydrogen-bond donors (Lipinski definition) is 1. The van der Waals surface area contributed by atoms with Crippen LogP contribution in [0, 0.1) is 5.82 Å². The molecule has 0 bridgehead atoms. The molecule has 238 valence electrons. The number of aromatic nitrogens is 2. The highest BCUT2D eigenvalue weighted by Gasteiger charge is 2.35. The summed E-state index contributed by atoms with van der Waals surface area (Å²) in [5.41, 5.74) is -1.12. The number of hydrogen-bond acceptors (Lipinski definition) is 8. The highest BCUT2D eigenvalue weighted by atomic mass is 19.1. The number of rotatable bonds is 10. The van der Waals surface area contributed by atoms with Crippen molar-refractivity contribution in [3.8, 4) is 17.1 Å². The van der Waals surface area contributed by atoms with Gasteiger partial charge in [0.1, 0.15) is 17.2 Å².